The highest BCUT2D eigenvalue weighted by Gasteiger charge is 2.33. The third-order valence-corrected chi connectivity index (χ3v) is 7.58. The number of nitrogens with zero attached hydrogens (tertiary/aromatic N) is 2. The first-order valence-electron chi connectivity index (χ1n) is 10.3. The Kier molecular flexibility index (Phi) is 5.72. The van der Waals surface area contributed by atoms with E-state index in [1.807, 2.05) is 32.0 Å². The van der Waals surface area contributed by atoms with E-state index in [0.29, 0.717) is 36.5 Å². The lowest BCUT2D eigenvalue weighted by atomic mass is 10.1. The summed E-state index contributed by atoms with van der Waals surface area (Å²) in [4.78, 5) is 26.6. The van der Waals surface area contributed by atoms with Crippen molar-refractivity contribution >= 4 is 27.5 Å². The molecule has 1 N–H and O–H groups in total. The Labute approximate surface area is 181 Å². The van der Waals surface area contributed by atoms with E-state index in [9.17, 15) is 18.0 Å². The van der Waals surface area contributed by atoms with Crippen molar-refractivity contribution < 1.29 is 22.7 Å². The highest BCUT2D eigenvalue weighted by molar-refractivity contribution is 7.89. The number of amides is 2. The summed E-state index contributed by atoms with van der Waals surface area (Å²) in [6.07, 6.45) is -0.0505. The van der Waals surface area contributed by atoms with Gasteiger partial charge in [-0.25, -0.2) is 8.42 Å². The highest BCUT2D eigenvalue weighted by atomic mass is 32.2. The van der Waals surface area contributed by atoms with Crippen LogP contribution in [0.4, 0.5) is 5.69 Å². The molecular formula is C22H25N3O5S. The second kappa shape index (κ2) is 8.32. The number of sulfonamides is 1. The predicted octanol–water partition coefficient (Wildman–Crippen LogP) is 2.25. The van der Waals surface area contributed by atoms with Crippen LogP contribution in [0, 0.1) is 6.92 Å². The van der Waals surface area contributed by atoms with Crippen LogP contribution in [0.2, 0.25) is 0 Å². The second-order valence-corrected chi connectivity index (χ2v) is 9.61. The van der Waals surface area contributed by atoms with Crippen LogP contribution >= 0.6 is 0 Å². The molecule has 2 heterocycles. The minimum absolute atomic E-state index is 0.0868. The Hall–Kier alpha value is -2.91. The lowest BCUT2D eigenvalue weighted by molar-refractivity contribution is -0.123. The number of aryl methyl sites for hydroxylation is 1. The molecule has 164 valence electrons. The van der Waals surface area contributed by atoms with Crippen LogP contribution < -0.4 is 10.1 Å². The topological polar surface area (TPSA) is 96.0 Å². The smallest absolute Gasteiger partial charge is 0.265 e. The maximum Gasteiger partial charge on any atom is 0.265 e. The van der Waals surface area contributed by atoms with Crippen LogP contribution in [0.5, 0.6) is 5.75 Å². The van der Waals surface area contributed by atoms with Crippen molar-refractivity contribution in [3.63, 3.8) is 0 Å². The molecule has 8 nitrogen and oxygen atoms in total. The lowest BCUT2D eigenvalue weighted by Gasteiger charge is -2.34. The van der Waals surface area contributed by atoms with E-state index in [1.165, 1.54) is 16.4 Å². The minimum atomic E-state index is -3.77. The Morgan fingerprint density at radius 1 is 1.13 bits per heavy atom. The Bertz CT molecular complexity index is 1120. The zero-order valence-corrected chi connectivity index (χ0v) is 18.3. The van der Waals surface area contributed by atoms with Crippen molar-refractivity contribution in [2.75, 3.05) is 31.5 Å². The molecule has 31 heavy (non-hydrogen) atoms. The van der Waals surface area contributed by atoms with E-state index in [4.69, 9.17) is 4.74 Å². The largest absolute Gasteiger partial charge is 0.478 e. The molecule has 0 aromatic heterocycles. The summed E-state index contributed by atoms with van der Waals surface area (Å²) in [5.41, 5.74) is 1.88. The van der Waals surface area contributed by atoms with Gasteiger partial charge < -0.3 is 15.0 Å². The van der Waals surface area contributed by atoms with Crippen LogP contribution in [-0.4, -0.2) is 61.7 Å². The molecule has 2 amide bonds. The molecule has 1 atom stereocenters. The van der Waals surface area contributed by atoms with Crippen molar-refractivity contribution in [1.29, 1.82) is 0 Å². The summed E-state index contributed by atoms with van der Waals surface area (Å²) >= 11 is 0. The quantitative estimate of drug-likeness (QED) is 0.782. The van der Waals surface area contributed by atoms with Crippen LogP contribution in [0.1, 0.15) is 29.3 Å². The van der Waals surface area contributed by atoms with Crippen molar-refractivity contribution in [1.82, 2.24) is 9.21 Å². The summed E-state index contributed by atoms with van der Waals surface area (Å²) in [6.45, 7) is 4.77. The highest BCUT2D eigenvalue weighted by Crippen LogP contribution is 2.33. The average Bonchev–Trinajstić information content (AvgIpc) is 2.78. The molecular weight excluding hydrogens is 418 g/mol. The average molecular weight is 444 g/mol. The standard InChI is InChI=1S/C22H25N3O5S/c1-3-19-21(26)23-18-14-16(8-9-20(18)30-19)31(28,29)25-12-10-24(11-13-25)22(27)17-7-5-4-6-15(17)2/h4-9,14,19H,3,10-13H2,1-2H3,(H,23,26). The first kappa shape index (κ1) is 21.3. The van der Waals surface area contributed by atoms with Gasteiger partial charge >= 0.3 is 0 Å². The van der Waals surface area contributed by atoms with E-state index in [-0.39, 0.29) is 29.8 Å². The molecule has 1 fully saturated rings. The number of piperazine rings is 1. The maximum absolute atomic E-state index is 13.1. The van der Waals surface area contributed by atoms with Gasteiger partial charge in [0.2, 0.25) is 10.0 Å². The fraction of sp³-hybridized carbons (Fsp3) is 0.364. The van der Waals surface area contributed by atoms with Crippen LogP contribution in [0.3, 0.4) is 0 Å². The first-order chi connectivity index (χ1) is 14.8. The molecule has 2 aromatic rings. The molecule has 0 bridgehead atoms. The Balaban J connectivity index is 1.47. The Morgan fingerprint density at radius 2 is 1.84 bits per heavy atom. The van der Waals surface area contributed by atoms with Crippen molar-refractivity contribution in [3.05, 3.63) is 53.6 Å². The molecule has 0 radical (unpaired) electrons. The van der Waals surface area contributed by atoms with Gasteiger partial charge in [-0.1, -0.05) is 25.1 Å². The number of hydrogen-bond donors (Lipinski definition) is 1. The summed E-state index contributed by atoms with van der Waals surface area (Å²) in [5.74, 6) is 0.0844. The lowest BCUT2D eigenvalue weighted by Crippen LogP contribution is -2.50. The van der Waals surface area contributed by atoms with Gasteiger partial charge in [0.25, 0.3) is 11.8 Å². The molecule has 9 heteroatoms. The summed E-state index contributed by atoms with van der Waals surface area (Å²) < 4.78 is 33.3. The molecule has 1 unspecified atom stereocenters. The number of carbonyl (C=O) groups is 2. The molecule has 4 rings (SSSR count). The number of ether oxygens (including phenoxy) is 1. The molecule has 0 aliphatic carbocycles. The number of benzene rings is 2. The third kappa shape index (κ3) is 4.03. The summed E-state index contributed by atoms with van der Waals surface area (Å²) in [7, 11) is -3.77. The van der Waals surface area contributed by atoms with Crippen LogP contribution in [0.25, 0.3) is 0 Å². The predicted molar refractivity (Wildman–Crippen MR) is 116 cm³/mol. The van der Waals surface area contributed by atoms with Gasteiger partial charge in [0.05, 0.1) is 10.6 Å². The SMILES string of the molecule is CCC1Oc2ccc(S(=O)(=O)N3CCN(C(=O)c4ccccc4C)CC3)cc2NC1=O. The van der Waals surface area contributed by atoms with Gasteiger partial charge in [0, 0.05) is 31.7 Å². The van der Waals surface area contributed by atoms with E-state index in [0.717, 1.165) is 5.56 Å². The van der Waals surface area contributed by atoms with E-state index >= 15 is 0 Å². The fourth-order valence-electron chi connectivity index (χ4n) is 3.82. The zero-order chi connectivity index (χ0) is 22.2. The monoisotopic (exact) mass is 443 g/mol. The third-order valence-electron chi connectivity index (χ3n) is 5.68. The van der Waals surface area contributed by atoms with E-state index < -0.39 is 16.1 Å². The molecule has 0 spiro atoms. The maximum atomic E-state index is 13.1. The number of rotatable bonds is 4. The van der Waals surface area contributed by atoms with Crippen molar-refractivity contribution in [2.24, 2.45) is 0 Å². The van der Waals surface area contributed by atoms with Crippen LogP contribution in [0.15, 0.2) is 47.4 Å². The van der Waals surface area contributed by atoms with E-state index in [1.54, 1.807) is 17.0 Å². The summed E-state index contributed by atoms with van der Waals surface area (Å²) in [5, 5.41) is 2.72. The molecule has 2 aliphatic heterocycles. The molecule has 2 aromatic carbocycles. The Morgan fingerprint density at radius 3 is 2.52 bits per heavy atom. The molecule has 0 saturated carbocycles. The van der Waals surface area contributed by atoms with Crippen molar-refractivity contribution in [2.45, 2.75) is 31.3 Å². The zero-order valence-electron chi connectivity index (χ0n) is 17.5. The van der Waals surface area contributed by atoms with Gasteiger partial charge in [-0.2, -0.15) is 4.31 Å². The van der Waals surface area contributed by atoms with Gasteiger partial charge in [0.1, 0.15) is 5.75 Å². The normalized spacial score (nSPS) is 19.4. The number of hydrogen-bond acceptors (Lipinski definition) is 5. The number of nitrogens with one attached hydrogen (secondary N) is 1. The van der Waals surface area contributed by atoms with Crippen LogP contribution in [-0.2, 0) is 14.8 Å². The van der Waals surface area contributed by atoms with Gasteiger partial charge in [-0.05, 0) is 43.2 Å². The molecule has 2 aliphatic rings. The van der Waals surface area contributed by atoms with Crippen molar-refractivity contribution in [3.8, 4) is 5.75 Å². The first-order valence-corrected chi connectivity index (χ1v) is 11.7. The fourth-order valence-corrected chi connectivity index (χ4v) is 5.27. The minimum Gasteiger partial charge on any atom is -0.478 e. The van der Waals surface area contributed by atoms with Gasteiger partial charge in [-0.15, -0.1) is 0 Å². The number of anilines is 1. The number of fused-ring (bicyclic) bond motifs is 1. The molecule has 1 saturated heterocycles. The van der Waals surface area contributed by atoms with E-state index in [2.05, 4.69) is 5.32 Å². The number of carbonyl (C=O) groups excluding carboxylic acids is 2. The second-order valence-electron chi connectivity index (χ2n) is 7.67. The summed E-state index contributed by atoms with van der Waals surface area (Å²) in [6, 6.07) is 11.9. The van der Waals surface area contributed by atoms with Gasteiger partial charge in [-0.3, -0.25) is 9.59 Å². The van der Waals surface area contributed by atoms with Gasteiger partial charge in [0.15, 0.2) is 6.10 Å².